The molecule has 4 rings (SSSR count). The molecule has 32 heavy (non-hydrogen) atoms. The van der Waals surface area contributed by atoms with E-state index < -0.39 is 0 Å². The smallest absolute Gasteiger partial charge is 0.274 e. The molecule has 1 amide bonds. The van der Waals surface area contributed by atoms with Gasteiger partial charge in [0.15, 0.2) is 5.69 Å². The Morgan fingerprint density at radius 1 is 0.938 bits per heavy atom. The second-order valence-electron chi connectivity index (χ2n) is 8.43. The lowest BCUT2D eigenvalue weighted by Crippen LogP contribution is -2.45. The Morgan fingerprint density at radius 2 is 1.59 bits per heavy atom. The third-order valence-electron chi connectivity index (χ3n) is 6.25. The molecule has 0 radical (unpaired) electrons. The highest BCUT2D eigenvalue weighted by Crippen LogP contribution is 2.15. The van der Waals surface area contributed by atoms with Crippen LogP contribution in [0.5, 0.6) is 0 Å². The minimum absolute atomic E-state index is 0.202. The molecule has 0 saturated carbocycles. The molecule has 7 nitrogen and oxygen atoms in total. The van der Waals surface area contributed by atoms with E-state index in [4.69, 9.17) is 0 Å². The van der Waals surface area contributed by atoms with Crippen molar-refractivity contribution in [3.05, 3.63) is 76.6 Å². The number of hydrogen-bond acceptors (Lipinski definition) is 5. The Hall–Kier alpha value is -3.03. The third kappa shape index (κ3) is 5.06. The molecule has 1 aliphatic rings. The molecule has 0 spiro atoms. The zero-order valence-corrected chi connectivity index (χ0v) is 19.2. The number of nitrogens with one attached hydrogen (secondary N) is 1. The van der Waals surface area contributed by atoms with Crippen LogP contribution >= 0.6 is 0 Å². The van der Waals surface area contributed by atoms with Crippen LogP contribution in [0.4, 0.5) is 0 Å². The van der Waals surface area contributed by atoms with E-state index in [1.807, 2.05) is 44.2 Å². The van der Waals surface area contributed by atoms with Gasteiger partial charge in [0, 0.05) is 39.3 Å². The maximum Gasteiger partial charge on any atom is 0.274 e. The summed E-state index contributed by atoms with van der Waals surface area (Å²) in [7, 11) is 0. The van der Waals surface area contributed by atoms with E-state index in [9.17, 15) is 4.79 Å². The van der Waals surface area contributed by atoms with Crippen molar-refractivity contribution >= 4 is 5.91 Å². The summed E-state index contributed by atoms with van der Waals surface area (Å²) < 4.78 is 1.71. The molecule has 0 aliphatic carbocycles. The van der Waals surface area contributed by atoms with Gasteiger partial charge in [-0.25, -0.2) is 4.68 Å². The lowest BCUT2D eigenvalue weighted by atomic mass is 10.1. The topological polar surface area (TPSA) is 66.3 Å². The Morgan fingerprint density at radius 3 is 2.28 bits per heavy atom. The Bertz CT molecular complexity index is 1050. The van der Waals surface area contributed by atoms with E-state index in [0.29, 0.717) is 12.2 Å². The number of amides is 1. The summed E-state index contributed by atoms with van der Waals surface area (Å²) in [6.07, 6.45) is 0. The number of likely N-dealkylation sites (N-methyl/N-ethyl adjacent to an activating group) is 1. The first-order chi connectivity index (χ1) is 15.5. The fourth-order valence-electron chi connectivity index (χ4n) is 4.12. The van der Waals surface area contributed by atoms with E-state index >= 15 is 0 Å². The Labute approximate surface area is 190 Å². The highest BCUT2D eigenvalue weighted by molar-refractivity contribution is 5.93. The van der Waals surface area contributed by atoms with Crippen molar-refractivity contribution in [1.29, 1.82) is 0 Å². The quantitative estimate of drug-likeness (QED) is 0.622. The van der Waals surface area contributed by atoms with Crippen molar-refractivity contribution in [3.63, 3.8) is 0 Å². The molecule has 1 aliphatic heterocycles. The van der Waals surface area contributed by atoms with E-state index in [2.05, 4.69) is 50.6 Å². The predicted molar refractivity (Wildman–Crippen MR) is 126 cm³/mol. The van der Waals surface area contributed by atoms with Crippen LogP contribution in [0.25, 0.3) is 5.69 Å². The number of hydrogen-bond donors (Lipinski definition) is 1. The maximum absolute atomic E-state index is 12.9. The molecule has 0 unspecified atom stereocenters. The summed E-state index contributed by atoms with van der Waals surface area (Å²) in [5.41, 5.74) is 5.57. The van der Waals surface area contributed by atoms with Gasteiger partial charge >= 0.3 is 0 Å². The van der Waals surface area contributed by atoms with Gasteiger partial charge in [0.1, 0.15) is 0 Å². The second-order valence-corrected chi connectivity index (χ2v) is 8.43. The highest BCUT2D eigenvalue weighted by Gasteiger charge is 2.19. The van der Waals surface area contributed by atoms with Crippen LogP contribution in [-0.4, -0.2) is 63.4 Å². The minimum atomic E-state index is -0.202. The SMILES string of the molecule is CCN1CCN(Cc2ccccc2CNC(=O)c2nnn(-c3ccc(C)cc3)c2C)CC1. The van der Waals surface area contributed by atoms with Gasteiger partial charge in [-0.05, 0) is 43.7 Å². The molecular weight excluding hydrogens is 400 g/mol. The first-order valence-electron chi connectivity index (χ1n) is 11.3. The fourth-order valence-corrected chi connectivity index (χ4v) is 4.12. The lowest BCUT2D eigenvalue weighted by molar-refractivity contribution is 0.0945. The monoisotopic (exact) mass is 432 g/mol. The van der Waals surface area contributed by atoms with Gasteiger partial charge in [0.05, 0.1) is 11.4 Å². The van der Waals surface area contributed by atoms with Crippen LogP contribution in [0, 0.1) is 13.8 Å². The van der Waals surface area contributed by atoms with Crippen LogP contribution < -0.4 is 5.32 Å². The first-order valence-corrected chi connectivity index (χ1v) is 11.3. The summed E-state index contributed by atoms with van der Waals surface area (Å²) in [4.78, 5) is 17.8. The largest absolute Gasteiger partial charge is 0.346 e. The first kappa shape index (κ1) is 22.2. The zero-order chi connectivity index (χ0) is 22.5. The van der Waals surface area contributed by atoms with Crippen LogP contribution in [0.1, 0.15) is 39.8 Å². The minimum Gasteiger partial charge on any atom is -0.346 e. The van der Waals surface area contributed by atoms with Crippen LogP contribution in [0.15, 0.2) is 48.5 Å². The molecule has 1 aromatic heterocycles. The lowest BCUT2D eigenvalue weighted by Gasteiger charge is -2.34. The molecule has 0 atom stereocenters. The van der Waals surface area contributed by atoms with Gasteiger partial charge < -0.3 is 10.2 Å². The van der Waals surface area contributed by atoms with Gasteiger partial charge in [-0.15, -0.1) is 5.10 Å². The van der Waals surface area contributed by atoms with E-state index in [-0.39, 0.29) is 5.91 Å². The molecule has 2 aromatic carbocycles. The molecule has 3 aromatic rings. The predicted octanol–water partition coefficient (Wildman–Crippen LogP) is 2.95. The molecule has 1 fully saturated rings. The van der Waals surface area contributed by atoms with Crippen LogP contribution in [0.2, 0.25) is 0 Å². The molecule has 1 N–H and O–H groups in total. The van der Waals surface area contributed by atoms with E-state index in [1.165, 1.54) is 11.1 Å². The molecule has 1 saturated heterocycles. The van der Waals surface area contributed by atoms with Crippen LogP contribution in [0.3, 0.4) is 0 Å². The van der Waals surface area contributed by atoms with Crippen molar-refractivity contribution in [2.45, 2.75) is 33.9 Å². The van der Waals surface area contributed by atoms with Crippen molar-refractivity contribution in [3.8, 4) is 5.69 Å². The van der Waals surface area contributed by atoms with Crippen molar-refractivity contribution in [2.24, 2.45) is 0 Å². The summed E-state index contributed by atoms with van der Waals surface area (Å²) in [6.45, 7) is 13.0. The number of aryl methyl sites for hydroxylation is 1. The zero-order valence-electron chi connectivity index (χ0n) is 19.2. The van der Waals surface area contributed by atoms with E-state index in [0.717, 1.165) is 56.2 Å². The van der Waals surface area contributed by atoms with Gasteiger partial charge in [0.2, 0.25) is 0 Å². The number of carbonyl (C=O) groups is 1. The molecule has 7 heteroatoms. The van der Waals surface area contributed by atoms with Crippen molar-refractivity contribution < 1.29 is 4.79 Å². The number of piperazine rings is 1. The summed E-state index contributed by atoms with van der Waals surface area (Å²) in [6, 6.07) is 16.4. The summed E-state index contributed by atoms with van der Waals surface area (Å²) in [5, 5.41) is 11.4. The number of nitrogens with zero attached hydrogens (tertiary/aromatic N) is 5. The number of rotatable bonds is 7. The van der Waals surface area contributed by atoms with Gasteiger partial charge in [-0.2, -0.15) is 0 Å². The van der Waals surface area contributed by atoms with Gasteiger partial charge in [-0.3, -0.25) is 9.69 Å². The van der Waals surface area contributed by atoms with Gasteiger partial charge in [0.25, 0.3) is 5.91 Å². The molecular formula is C25H32N6O. The Kier molecular flexibility index (Phi) is 6.97. The van der Waals surface area contributed by atoms with Crippen molar-refractivity contribution in [1.82, 2.24) is 30.1 Å². The Balaban J connectivity index is 1.40. The fraction of sp³-hybridized carbons (Fsp3) is 0.400. The average Bonchev–Trinajstić information content (AvgIpc) is 3.20. The van der Waals surface area contributed by atoms with Crippen molar-refractivity contribution in [2.75, 3.05) is 32.7 Å². The highest BCUT2D eigenvalue weighted by atomic mass is 16.2. The maximum atomic E-state index is 12.9. The normalized spacial score (nSPS) is 15.1. The molecule has 2 heterocycles. The average molecular weight is 433 g/mol. The number of benzene rings is 2. The van der Waals surface area contributed by atoms with Crippen LogP contribution in [-0.2, 0) is 13.1 Å². The third-order valence-corrected chi connectivity index (χ3v) is 6.25. The summed E-state index contributed by atoms with van der Waals surface area (Å²) in [5.74, 6) is -0.202. The standard InChI is InChI=1S/C25H32N6O/c1-4-29-13-15-30(16-14-29)18-22-8-6-5-7-21(22)17-26-25(32)24-20(3)31(28-27-24)23-11-9-19(2)10-12-23/h5-12H,4,13-18H2,1-3H3,(H,26,32). The van der Waals surface area contributed by atoms with E-state index in [1.54, 1.807) is 4.68 Å². The second kappa shape index (κ2) is 10.1. The molecule has 0 bridgehead atoms. The van der Waals surface area contributed by atoms with Gasteiger partial charge in [-0.1, -0.05) is 54.1 Å². The number of aromatic nitrogens is 3. The summed E-state index contributed by atoms with van der Waals surface area (Å²) >= 11 is 0. The number of carbonyl (C=O) groups excluding carboxylic acids is 1. The molecule has 168 valence electrons.